The van der Waals surface area contributed by atoms with Crippen LogP contribution in [0.25, 0.3) is 0 Å². The minimum Gasteiger partial charge on any atom is -0.352 e. The minimum atomic E-state index is -4.90. The lowest BCUT2D eigenvalue weighted by Gasteiger charge is -2.33. The summed E-state index contributed by atoms with van der Waals surface area (Å²) in [6.07, 6.45) is -0.379. The maximum absolute atomic E-state index is 14.0. The van der Waals surface area contributed by atoms with Crippen LogP contribution in [0, 0.1) is 5.82 Å². The van der Waals surface area contributed by atoms with E-state index in [0.717, 1.165) is 49.1 Å². The molecule has 236 valence electrons. The monoisotopic (exact) mass is 653 g/mol. The summed E-state index contributed by atoms with van der Waals surface area (Å²) in [6.45, 7) is 0.365. The zero-order chi connectivity index (χ0) is 32.1. The summed E-state index contributed by atoms with van der Waals surface area (Å²) in [6, 6.07) is 13.6. The van der Waals surface area contributed by atoms with Crippen molar-refractivity contribution in [2.75, 3.05) is 10.8 Å². The van der Waals surface area contributed by atoms with Crippen molar-refractivity contribution in [2.45, 2.75) is 68.7 Å². The largest absolute Gasteiger partial charge is 0.417 e. The van der Waals surface area contributed by atoms with E-state index in [2.05, 4.69) is 5.32 Å². The lowest BCUT2D eigenvalue weighted by atomic mass is 9.95. The standard InChI is InChI=1S/C31H32ClF4N3O4S/c1-21(30(41)37-24-8-4-2-5-9-24)38(19-22-12-14-23(33)15-13-22)29(40)20-39(44(42,43)26-10-6-3-7-11-26)25-16-17-28(32)27(18-25)31(34,35)36/h3,6-7,10-18,21,24H,2,4-5,8-9,19-20H2,1H3,(H,37,41). The number of carbonyl (C=O) groups is 2. The molecule has 1 aliphatic carbocycles. The second kappa shape index (κ2) is 14.0. The molecule has 0 bridgehead atoms. The molecule has 3 aromatic carbocycles. The van der Waals surface area contributed by atoms with Crippen molar-refractivity contribution >= 4 is 39.1 Å². The molecular formula is C31H32ClF4N3O4S. The third-order valence-electron chi connectivity index (χ3n) is 7.54. The Morgan fingerprint density at radius 3 is 2.23 bits per heavy atom. The number of carbonyl (C=O) groups excluding carboxylic acids is 2. The number of nitrogens with zero attached hydrogens (tertiary/aromatic N) is 2. The van der Waals surface area contributed by atoms with Gasteiger partial charge in [0, 0.05) is 12.6 Å². The van der Waals surface area contributed by atoms with Crippen molar-refractivity contribution in [3.63, 3.8) is 0 Å². The molecule has 0 heterocycles. The number of anilines is 1. The van der Waals surface area contributed by atoms with Gasteiger partial charge in [-0.25, -0.2) is 12.8 Å². The van der Waals surface area contributed by atoms with Gasteiger partial charge in [-0.15, -0.1) is 0 Å². The van der Waals surface area contributed by atoms with E-state index in [1.807, 2.05) is 0 Å². The maximum Gasteiger partial charge on any atom is 0.417 e. The van der Waals surface area contributed by atoms with Crippen LogP contribution in [-0.4, -0.2) is 43.8 Å². The molecule has 1 fully saturated rings. The van der Waals surface area contributed by atoms with Crippen molar-refractivity contribution in [2.24, 2.45) is 0 Å². The number of benzene rings is 3. The first-order valence-electron chi connectivity index (χ1n) is 14.1. The number of halogens is 5. The van der Waals surface area contributed by atoms with Crippen LogP contribution in [0.1, 0.15) is 50.2 Å². The van der Waals surface area contributed by atoms with Gasteiger partial charge >= 0.3 is 6.18 Å². The van der Waals surface area contributed by atoms with Crippen LogP contribution in [0.15, 0.2) is 77.7 Å². The van der Waals surface area contributed by atoms with Crippen LogP contribution in [0.3, 0.4) is 0 Å². The number of hydrogen-bond donors (Lipinski definition) is 1. The molecule has 0 aromatic heterocycles. The molecule has 1 atom stereocenters. The zero-order valence-corrected chi connectivity index (χ0v) is 25.4. The summed E-state index contributed by atoms with van der Waals surface area (Å²) in [5.41, 5.74) is -1.26. The van der Waals surface area contributed by atoms with E-state index in [4.69, 9.17) is 11.6 Å². The normalized spacial score (nSPS) is 15.0. The highest BCUT2D eigenvalue weighted by Gasteiger charge is 2.37. The van der Waals surface area contributed by atoms with Crippen molar-refractivity contribution in [3.05, 3.63) is 94.8 Å². The predicted octanol–water partition coefficient (Wildman–Crippen LogP) is 6.56. The van der Waals surface area contributed by atoms with Gasteiger partial charge in [0.05, 0.1) is 21.2 Å². The second-order valence-corrected chi connectivity index (χ2v) is 12.9. The van der Waals surface area contributed by atoms with Crippen molar-refractivity contribution in [1.82, 2.24) is 10.2 Å². The van der Waals surface area contributed by atoms with Crippen LogP contribution < -0.4 is 9.62 Å². The average Bonchev–Trinajstić information content (AvgIpc) is 2.99. The van der Waals surface area contributed by atoms with Gasteiger partial charge in [-0.2, -0.15) is 13.2 Å². The van der Waals surface area contributed by atoms with E-state index in [-0.39, 0.29) is 17.5 Å². The Morgan fingerprint density at radius 1 is 0.977 bits per heavy atom. The molecule has 2 amide bonds. The molecule has 7 nitrogen and oxygen atoms in total. The summed E-state index contributed by atoms with van der Waals surface area (Å²) in [4.78, 5) is 28.2. The molecule has 0 spiro atoms. The van der Waals surface area contributed by atoms with E-state index < -0.39 is 62.7 Å². The Labute approximate surface area is 258 Å². The topological polar surface area (TPSA) is 86.8 Å². The van der Waals surface area contributed by atoms with E-state index in [0.29, 0.717) is 15.9 Å². The molecule has 44 heavy (non-hydrogen) atoms. The molecule has 0 radical (unpaired) electrons. The predicted molar refractivity (Wildman–Crippen MR) is 159 cm³/mol. The van der Waals surface area contributed by atoms with Crippen molar-refractivity contribution in [1.29, 1.82) is 0 Å². The third kappa shape index (κ3) is 8.09. The summed E-state index contributed by atoms with van der Waals surface area (Å²) >= 11 is 5.80. The summed E-state index contributed by atoms with van der Waals surface area (Å²) in [5, 5.41) is 2.31. The van der Waals surface area contributed by atoms with Crippen LogP contribution in [0.2, 0.25) is 5.02 Å². The molecule has 1 N–H and O–H groups in total. The Kier molecular flexibility index (Phi) is 10.6. The molecule has 0 aliphatic heterocycles. The second-order valence-electron chi connectivity index (χ2n) is 10.7. The summed E-state index contributed by atoms with van der Waals surface area (Å²) in [5.74, 6) is -1.84. The third-order valence-corrected chi connectivity index (χ3v) is 9.66. The first kappa shape index (κ1) is 33.3. The lowest BCUT2D eigenvalue weighted by Crippen LogP contribution is -2.53. The van der Waals surface area contributed by atoms with Gasteiger partial charge in [0.1, 0.15) is 18.4 Å². The van der Waals surface area contributed by atoms with Gasteiger partial charge < -0.3 is 10.2 Å². The fraction of sp³-hybridized carbons (Fsp3) is 0.355. The molecule has 1 saturated carbocycles. The van der Waals surface area contributed by atoms with Crippen molar-refractivity contribution in [3.8, 4) is 0 Å². The lowest BCUT2D eigenvalue weighted by molar-refractivity contribution is -0.139. The number of rotatable bonds is 10. The van der Waals surface area contributed by atoms with Gasteiger partial charge in [0.25, 0.3) is 10.0 Å². The van der Waals surface area contributed by atoms with E-state index in [1.165, 1.54) is 55.5 Å². The highest BCUT2D eigenvalue weighted by molar-refractivity contribution is 7.92. The maximum atomic E-state index is 14.0. The molecule has 1 aliphatic rings. The van der Waals surface area contributed by atoms with E-state index >= 15 is 0 Å². The fourth-order valence-corrected chi connectivity index (χ4v) is 6.72. The Bertz CT molecular complexity index is 1560. The Balaban J connectivity index is 1.73. The summed E-state index contributed by atoms with van der Waals surface area (Å²) < 4.78 is 83.1. The van der Waals surface area contributed by atoms with E-state index in [9.17, 15) is 35.6 Å². The van der Waals surface area contributed by atoms with Crippen molar-refractivity contribution < 1.29 is 35.6 Å². The number of hydrogen-bond acceptors (Lipinski definition) is 4. The van der Waals surface area contributed by atoms with Gasteiger partial charge in [-0.05, 0) is 67.8 Å². The van der Waals surface area contributed by atoms with Crippen LogP contribution in [0.4, 0.5) is 23.2 Å². The zero-order valence-electron chi connectivity index (χ0n) is 23.9. The first-order chi connectivity index (χ1) is 20.8. The molecule has 3 aromatic rings. The van der Waals surface area contributed by atoms with Gasteiger partial charge in [-0.1, -0.05) is 61.2 Å². The SMILES string of the molecule is CC(C(=O)NC1CCCCC1)N(Cc1ccc(F)cc1)C(=O)CN(c1ccc(Cl)c(C(F)(F)F)c1)S(=O)(=O)c1ccccc1. The van der Waals surface area contributed by atoms with Gasteiger partial charge in [0.2, 0.25) is 11.8 Å². The molecule has 1 unspecified atom stereocenters. The number of sulfonamides is 1. The van der Waals surface area contributed by atoms with Gasteiger partial charge in [-0.3, -0.25) is 13.9 Å². The van der Waals surface area contributed by atoms with Crippen LogP contribution in [0.5, 0.6) is 0 Å². The average molecular weight is 654 g/mol. The molecular weight excluding hydrogens is 622 g/mol. The minimum absolute atomic E-state index is 0.0775. The molecule has 0 saturated heterocycles. The number of alkyl halides is 3. The highest BCUT2D eigenvalue weighted by atomic mass is 35.5. The quantitative estimate of drug-likeness (QED) is 0.251. The Morgan fingerprint density at radius 2 is 1.61 bits per heavy atom. The van der Waals surface area contributed by atoms with Crippen LogP contribution >= 0.6 is 11.6 Å². The number of amides is 2. The number of nitrogens with one attached hydrogen (secondary N) is 1. The Hall–Kier alpha value is -3.64. The van der Waals surface area contributed by atoms with Crippen LogP contribution in [-0.2, 0) is 32.3 Å². The fourth-order valence-electron chi connectivity index (χ4n) is 5.07. The summed E-state index contributed by atoms with van der Waals surface area (Å²) in [7, 11) is -4.58. The highest BCUT2D eigenvalue weighted by Crippen LogP contribution is 2.38. The molecule has 13 heteroatoms. The van der Waals surface area contributed by atoms with E-state index in [1.54, 1.807) is 6.07 Å². The molecule has 4 rings (SSSR count). The smallest absolute Gasteiger partial charge is 0.352 e. The van der Waals surface area contributed by atoms with Gasteiger partial charge in [0.15, 0.2) is 0 Å². The first-order valence-corrected chi connectivity index (χ1v) is 15.9.